The van der Waals surface area contributed by atoms with E-state index in [0.29, 0.717) is 24.3 Å². The van der Waals surface area contributed by atoms with E-state index >= 15 is 0 Å². The minimum atomic E-state index is -1.14. The van der Waals surface area contributed by atoms with Gasteiger partial charge in [0.05, 0.1) is 11.8 Å². The first-order chi connectivity index (χ1) is 9.35. The van der Waals surface area contributed by atoms with Crippen LogP contribution in [0.5, 0.6) is 0 Å². The lowest BCUT2D eigenvalue weighted by atomic mass is 9.76. The first-order valence-electron chi connectivity index (χ1n) is 6.90. The van der Waals surface area contributed by atoms with Crippen LogP contribution in [0.3, 0.4) is 0 Å². The molecule has 0 spiro atoms. The molecule has 2 rings (SSSR count). The SMILES string of the molecule is Cc1c(C(=O)NC2(C(=O)O)CCCC(C)C2)cnn1C. The molecule has 20 heavy (non-hydrogen) atoms. The van der Waals surface area contributed by atoms with Crippen molar-refractivity contribution in [1.29, 1.82) is 0 Å². The normalized spacial score (nSPS) is 26.2. The summed E-state index contributed by atoms with van der Waals surface area (Å²) in [6.45, 7) is 3.82. The zero-order valence-corrected chi connectivity index (χ0v) is 12.1. The van der Waals surface area contributed by atoms with E-state index in [1.807, 2.05) is 6.92 Å². The second-order valence-electron chi connectivity index (χ2n) is 5.81. The number of carboxylic acid groups (broad SMARTS) is 1. The van der Waals surface area contributed by atoms with E-state index < -0.39 is 11.5 Å². The van der Waals surface area contributed by atoms with Gasteiger partial charge in [-0.1, -0.05) is 19.8 Å². The lowest BCUT2D eigenvalue weighted by molar-refractivity contribution is -0.146. The van der Waals surface area contributed by atoms with Crippen LogP contribution in [-0.2, 0) is 11.8 Å². The molecule has 2 N–H and O–H groups in total. The van der Waals surface area contributed by atoms with Crippen LogP contribution in [0, 0.1) is 12.8 Å². The Hall–Kier alpha value is -1.85. The number of aryl methyl sites for hydroxylation is 1. The van der Waals surface area contributed by atoms with Gasteiger partial charge in [0.25, 0.3) is 5.91 Å². The molecule has 1 aliphatic carbocycles. The van der Waals surface area contributed by atoms with Crippen LogP contribution in [0.25, 0.3) is 0 Å². The standard InChI is InChI=1S/C14H21N3O3/c1-9-5-4-6-14(7-9,13(19)20)16-12(18)11-8-15-17(3)10(11)2/h8-9H,4-7H2,1-3H3,(H,16,18)(H,19,20). The van der Waals surface area contributed by atoms with E-state index in [1.165, 1.54) is 6.20 Å². The van der Waals surface area contributed by atoms with Crippen molar-refractivity contribution in [3.8, 4) is 0 Å². The Balaban J connectivity index is 2.23. The molecule has 2 atom stereocenters. The number of hydrogen-bond donors (Lipinski definition) is 2. The highest BCUT2D eigenvalue weighted by molar-refractivity contribution is 5.98. The third kappa shape index (κ3) is 2.55. The number of carbonyl (C=O) groups excluding carboxylic acids is 1. The molecule has 1 aromatic heterocycles. The number of hydrogen-bond acceptors (Lipinski definition) is 3. The van der Waals surface area contributed by atoms with Crippen LogP contribution in [0.15, 0.2) is 6.20 Å². The summed E-state index contributed by atoms with van der Waals surface area (Å²) in [4.78, 5) is 24.0. The number of rotatable bonds is 3. The summed E-state index contributed by atoms with van der Waals surface area (Å²) < 4.78 is 1.60. The fraction of sp³-hybridized carbons (Fsp3) is 0.643. The lowest BCUT2D eigenvalue weighted by Gasteiger charge is -2.37. The number of aromatic nitrogens is 2. The second kappa shape index (κ2) is 5.26. The zero-order valence-electron chi connectivity index (χ0n) is 12.1. The number of nitrogens with one attached hydrogen (secondary N) is 1. The summed E-state index contributed by atoms with van der Waals surface area (Å²) in [7, 11) is 1.75. The monoisotopic (exact) mass is 279 g/mol. The fourth-order valence-corrected chi connectivity index (χ4v) is 2.92. The number of nitrogens with zero attached hydrogens (tertiary/aromatic N) is 2. The number of carbonyl (C=O) groups is 2. The summed E-state index contributed by atoms with van der Waals surface area (Å²) >= 11 is 0. The van der Waals surface area contributed by atoms with Gasteiger partial charge in [-0.3, -0.25) is 9.48 Å². The maximum absolute atomic E-state index is 12.3. The lowest BCUT2D eigenvalue weighted by Crippen LogP contribution is -2.56. The van der Waals surface area contributed by atoms with Gasteiger partial charge in [0, 0.05) is 12.7 Å². The molecule has 2 unspecified atom stereocenters. The molecule has 6 heteroatoms. The summed E-state index contributed by atoms with van der Waals surface area (Å²) in [5.41, 5.74) is 0.0232. The van der Waals surface area contributed by atoms with Gasteiger partial charge in [-0.05, 0) is 25.7 Å². The summed E-state index contributed by atoms with van der Waals surface area (Å²) in [5.74, 6) is -0.999. The highest BCUT2D eigenvalue weighted by atomic mass is 16.4. The van der Waals surface area contributed by atoms with Crippen molar-refractivity contribution in [2.24, 2.45) is 13.0 Å². The molecule has 110 valence electrons. The number of amides is 1. The molecular formula is C14H21N3O3. The van der Waals surface area contributed by atoms with Crippen molar-refractivity contribution < 1.29 is 14.7 Å². The second-order valence-corrected chi connectivity index (χ2v) is 5.81. The zero-order chi connectivity index (χ0) is 14.9. The van der Waals surface area contributed by atoms with Crippen LogP contribution < -0.4 is 5.32 Å². The van der Waals surface area contributed by atoms with Crippen LogP contribution in [0.2, 0.25) is 0 Å². The third-order valence-electron chi connectivity index (χ3n) is 4.24. The van der Waals surface area contributed by atoms with Crippen molar-refractivity contribution in [3.05, 3.63) is 17.5 Å². The van der Waals surface area contributed by atoms with Gasteiger partial charge in [0.1, 0.15) is 5.54 Å². The topological polar surface area (TPSA) is 84.2 Å². The Labute approximate surface area is 118 Å². The van der Waals surface area contributed by atoms with Crippen molar-refractivity contribution >= 4 is 11.9 Å². The molecule has 1 saturated carbocycles. The molecule has 0 radical (unpaired) electrons. The highest BCUT2D eigenvalue weighted by Crippen LogP contribution is 2.33. The quantitative estimate of drug-likeness (QED) is 0.878. The average molecular weight is 279 g/mol. The predicted molar refractivity (Wildman–Crippen MR) is 73.4 cm³/mol. The molecule has 0 aliphatic heterocycles. The van der Waals surface area contributed by atoms with Gasteiger partial charge < -0.3 is 10.4 Å². The van der Waals surface area contributed by atoms with Crippen molar-refractivity contribution in [2.45, 2.75) is 45.1 Å². The van der Waals surface area contributed by atoms with E-state index in [2.05, 4.69) is 10.4 Å². The van der Waals surface area contributed by atoms with E-state index in [9.17, 15) is 14.7 Å². The summed E-state index contributed by atoms with van der Waals surface area (Å²) in [6, 6.07) is 0. The average Bonchev–Trinajstić information content (AvgIpc) is 2.70. The molecule has 1 heterocycles. The van der Waals surface area contributed by atoms with Gasteiger partial charge in [0.15, 0.2) is 0 Å². The maximum Gasteiger partial charge on any atom is 0.329 e. The summed E-state index contributed by atoms with van der Waals surface area (Å²) in [5, 5.41) is 16.3. The minimum Gasteiger partial charge on any atom is -0.480 e. The van der Waals surface area contributed by atoms with Crippen molar-refractivity contribution in [2.75, 3.05) is 0 Å². The molecular weight excluding hydrogens is 258 g/mol. The van der Waals surface area contributed by atoms with E-state index in [1.54, 1.807) is 18.7 Å². The Morgan fingerprint density at radius 2 is 2.25 bits per heavy atom. The molecule has 0 bridgehead atoms. The number of carboxylic acids is 1. The fourth-order valence-electron chi connectivity index (χ4n) is 2.92. The Kier molecular flexibility index (Phi) is 3.83. The first-order valence-corrected chi connectivity index (χ1v) is 6.90. The molecule has 0 saturated heterocycles. The maximum atomic E-state index is 12.3. The smallest absolute Gasteiger partial charge is 0.329 e. The highest BCUT2D eigenvalue weighted by Gasteiger charge is 2.43. The molecule has 1 fully saturated rings. The van der Waals surface area contributed by atoms with E-state index in [4.69, 9.17) is 0 Å². The van der Waals surface area contributed by atoms with Gasteiger partial charge in [-0.15, -0.1) is 0 Å². The van der Waals surface area contributed by atoms with Crippen molar-refractivity contribution in [3.63, 3.8) is 0 Å². The van der Waals surface area contributed by atoms with Crippen molar-refractivity contribution in [1.82, 2.24) is 15.1 Å². The van der Waals surface area contributed by atoms with Gasteiger partial charge >= 0.3 is 5.97 Å². The molecule has 0 aromatic carbocycles. The first kappa shape index (κ1) is 14.6. The van der Waals surface area contributed by atoms with Gasteiger partial charge in [-0.2, -0.15) is 5.10 Å². The number of aliphatic carboxylic acids is 1. The Morgan fingerprint density at radius 1 is 1.55 bits per heavy atom. The third-order valence-corrected chi connectivity index (χ3v) is 4.24. The van der Waals surface area contributed by atoms with Crippen LogP contribution >= 0.6 is 0 Å². The molecule has 1 aromatic rings. The van der Waals surface area contributed by atoms with Gasteiger partial charge in [0.2, 0.25) is 0 Å². The molecule has 1 amide bonds. The van der Waals surface area contributed by atoms with Crippen LogP contribution in [0.4, 0.5) is 0 Å². The van der Waals surface area contributed by atoms with Gasteiger partial charge in [-0.25, -0.2) is 4.79 Å². The molecule has 6 nitrogen and oxygen atoms in total. The van der Waals surface area contributed by atoms with E-state index in [0.717, 1.165) is 18.5 Å². The Bertz CT molecular complexity index is 538. The van der Waals surface area contributed by atoms with E-state index in [-0.39, 0.29) is 5.91 Å². The molecule has 1 aliphatic rings. The largest absolute Gasteiger partial charge is 0.480 e. The minimum absolute atomic E-state index is 0.301. The van der Waals surface area contributed by atoms with Crippen LogP contribution in [-0.4, -0.2) is 32.3 Å². The Morgan fingerprint density at radius 3 is 2.75 bits per heavy atom. The van der Waals surface area contributed by atoms with Crippen LogP contribution in [0.1, 0.15) is 48.7 Å². The predicted octanol–water partition coefficient (Wildman–Crippen LogP) is 1.49. The summed E-state index contributed by atoms with van der Waals surface area (Å²) in [6.07, 6.45) is 4.27.